The van der Waals surface area contributed by atoms with Gasteiger partial charge >= 0.3 is 11.9 Å². The molecule has 0 spiro atoms. The van der Waals surface area contributed by atoms with Crippen LogP contribution in [0.2, 0.25) is 0 Å². The van der Waals surface area contributed by atoms with Crippen molar-refractivity contribution in [3.05, 3.63) is 27.4 Å². The summed E-state index contributed by atoms with van der Waals surface area (Å²) in [7, 11) is 1.29. The zero-order valence-electron chi connectivity index (χ0n) is 9.22. The number of nitrogens with one attached hydrogen (secondary N) is 1. The van der Waals surface area contributed by atoms with Gasteiger partial charge in [0.05, 0.1) is 12.8 Å². The lowest BCUT2D eigenvalue weighted by Crippen LogP contribution is -2.04. The Balaban J connectivity index is 2.84. The first kappa shape index (κ1) is 13.6. The molecule has 0 aromatic carbocycles. The van der Waals surface area contributed by atoms with Crippen molar-refractivity contribution in [3.8, 4) is 0 Å². The predicted octanol–water partition coefficient (Wildman–Crippen LogP) is 2.24. The van der Waals surface area contributed by atoms with E-state index in [-0.39, 0.29) is 4.88 Å². The van der Waals surface area contributed by atoms with Gasteiger partial charge in [-0.1, -0.05) is 0 Å². The Morgan fingerprint density at radius 3 is 2.82 bits per heavy atom. The quantitative estimate of drug-likeness (QED) is 0.633. The minimum atomic E-state index is -1.00. The summed E-state index contributed by atoms with van der Waals surface area (Å²) in [5.74, 6) is -1.46. The molecule has 92 valence electrons. The van der Waals surface area contributed by atoms with Gasteiger partial charge in [-0.15, -0.1) is 23.1 Å². The second kappa shape index (κ2) is 6.31. The van der Waals surface area contributed by atoms with E-state index in [1.165, 1.54) is 25.1 Å². The van der Waals surface area contributed by atoms with Gasteiger partial charge in [-0.05, 0) is 17.7 Å². The van der Waals surface area contributed by atoms with Gasteiger partial charge in [-0.25, -0.2) is 9.59 Å². The number of anilines is 1. The molecular weight excluding hydrogens is 262 g/mol. The lowest BCUT2D eigenvalue weighted by atomic mass is 10.4. The predicted molar refractivity (Wildman–Crippen MR) is 68.5 cm³/mol. The number of carbonyl (C=O) groups is 2. The van der Waals surface area contributed by atoms with E-state index in [4.69, 9.17) is 5.11 Å². The summed E-state index contributed by atoms with van der Waals surface area (Å²) in [6.07, 6.45) is 3.17. The molecule has 0 aliphatic rings. The Bertz CT molecular complexity index is 453. The molecule has 1 aromatic heterocycles. The van der Waals surface area contributed by atoms with E-state index in [2.05, 4.69) is 10.1 Å². The Labute approximate surface area is 106 Å². The monoisotopic (exact) mass is 273 g/mol. The van der Waals surface area contributed by atoms with Crippen molar-refractivity contribution in [1.29, 1.82) is 0 Å². The number of methoxy groups -OCH3 is 1. The fourth-order valence-electron chi connectivity index (χ4n) is 1.03. The number of rotatable bonds is 5. The van der Waals surface area contributed by atoms with Gasteiger partial charge < -0.3 is 15.2 Å². The van der Waals surface area contributed by atoms with Crippen molar-refractivity contribution < 1.29 is 19.4 Å². The molecule has 0 fully saturated rings. The Hall–Kier alpha value is -1.47. The summed E-state index contributed by atoms with van der Waals surface area (Å²) in [5, 5.41) is 13.3. The summed E-state index contributed by atoms with van der Waals surface area (Å²) in [6.45, 7) is 0. The molecule has 2 N–H and O–H groups in total. The molecule has 0 unspecified atom stereocenters. The van der Waals surface area contributed by atoms with E-state index in [0.717, 1.165) is 11.3 Å². The molecule has 0 atom stereocenters. The zero-order chi connectivity index (χ0) is 12.8. The Morgan fingerprint density at radius 1 is 1.59 bits per heavy atom. The first-order chi connectivity index (χ1) is 8.10. The Kier molecular flexibility index (Phi) is 5.05. The minimum absolute atomic E-state index is 0.201. The van der Waals surface area contributed by atoms with Gasteiger partial charge in [0.25, 0.3) is 0 Å². The second-order valence-corrected chi connectivity index (χ2v) is 4.58. The molecular formula is C10H11NO4S2. The maximum atomic E-state index is 11.3. The molecule has 5 nitrogen and oxygen atoms in total. The number of carboxylic acid groups (broad SMARTS) is 1. The summed E-state index contributed by atoms with van der Waals surface area (Å²) in [6, 6.07) is 1.64. The van der Waals surface area contributed by atoms with E-state index < -0.39 is 11.9 Å². The zero-order valence-corrected chi connectivity index (χ0v) is 10.9. The average molecular weight is 273 g/mol. The third kappa shape index (κ3) is 3.50. The molecule has 0 saturated heterocycles. The van der Waals surface area contributed by atoms with Gasteiger partial charge in [0.15, 0.2) is 0 Å². The highest BCUT2D eigenvalue weighted by Gasteiger charge is 2.12. The number of carboxylic acids is 1. The van der Waals surface area contributed by atoms with Crippen LogP contribution >= 0.6 is 23.1 Å². The summed E-state index contributed by atoms with van der Waals surface area (Å²) in [4.78, 5) is 22.7. The highest BCUT2D eigenvalue weighted by atomic mass is 32.2. The maximum absolute atomic E-state index is 11.3. The SMILES string of the molecule is COC(=O)C(=CNc1ccsc1C(=O)O)SC. The van der Waals surface area contributed by atoms with E-state index in [1.54, 1.807) is 17.7 Å². The van der Waals surface area contributed by atoms with E-state index in [1.807, 2.05) is 0 Å². The van der Waals surface area contributed by atoms with Crippen LogP contribution in [0.1, 0.15) is 9.67 Å². The fourth-order valence-corrected chi connectivity index (χ4v) is 2.16. The number of aromatic carboxylic acids is 1. The Morgan fingerprint density at radius 2 is 2.29 bits per heavy atom. The molecule has 17 heavy (non-hydrogen) atoms. The largest absolute Gasteiger partial charge is 0.477 e. The van der Waals surface area contributed by atoms with Crippen LogP contribution in [0, 0.1) is 0 Å². The van der Waals surface area contributed by atoms with Crippen molar-refractivity contribution in [1.82, 2.24) is 0 Å². The van der Waals surface area contributed by atoms with Crippen LogP contribution in [0.5, 0.6) is 0 Å². The molecule has 0 bridgehead atoms. The van der Waals surface area contributed by atoms with Crippen LogP contribution in [-0.4, -0.2) is 30.4 Å². The topological polar surface area (TPSA) is 75.6 Å². The number of hydrogen-bond donors (Lipinski definition) is 2. The molecule has 0 aliphatic carbocycles. The third-order valence-corrected chi connectivity index (χ3v) is 3.45. The van der Waals surface area contributed by atoms with Gasteiger partial charge in [-0.2, -0.15) is 0 Å². The molecule has 1 rings (SSSR count). The summed E-state index contributed by atoms with van der Waals surface area (Å²) < 4.78 is 4.57. The first-order valence-electron chi connectivity index (χ1n) is 4.50. The normalized spacial score (nSPS) is 11.1. The second-order valence-electron chi connectivity index (χ2n) is 2.82. The van der Waals surface area contributed by atoms with Crippen LogP contribution in [0.4, 0.5) is 5.69 Å². The molecule has 0 aliphatic heterocycles. The van der Waals surface area contributed by atoms with Crippen LogP contribution < -0.4 is 5.32 Å². The first-order valence-corrected chi connectivity index (χ1v) is 6.60. The average Bonchev–Trinajstić information content (AvgIpc) is 2.77. The molecule has 0 amide bonds. The number of carbonyl (C=O) groups excluding carboxylic acids is 1. The van der Waals surface area contributed by atoms with Crippen molar-refractivity contribution in [2.75, 3.05) is 18.7 Å². The van der Waals surface area contributed by atoms with Gasteiger partial charge in [0, 0.05) is 6.20 Å². The van der Waals surface area contributed by atoms with Gasteiger partial charge in [0.1, 0.15) is 9.78 Å². The molecule has 0 radical (unpaired) electrons. The van der Waals surface area contributed by atoms with E-state index >= 15 is 0 Å². The molecule has 7 heteroatoms. The van der Waals surface area contributed by atoms with Crippen LogP contribution in [0.15, 0.2) is 22.6 Å². The fraction of sp³-hybridized carbons (Fsp3) is 0.200. The van der Waals surface area contributed by atoms with Gasteiger partial charge in [0.2, 0.25) is 0 Å². The number of hydrogen-bond acceptors (Lipinski definition) is 6. The van der Waals surface area contributed by atoms with Gasteiger partial charge in [-0.3, -0.25) is 0 Å². The number of thioether (sulfide) groups is 1. The summed E-state index contributed by atoms with van der Waals surface area (Å²) >= 11 is 2.34. The van der Waals surface area contributed by atoms with Crippen molar-refractivity contribution in [2.24, 2.45) is 0 Å². The minimum Gasteiger partial charge on any atom is -0.477 e. The van der Waals surface area contributed by atoms with Crippen LogP contribution in [-0.2, 0) is 9.53 Å². The number of thiophene rings is 1. The smallest absolute Gasteiger partial charge is 0.348 e. The number of ether oxygens (including phenoxy) is 1. The van der Waals surface area contributed by atoms with Crippen molar-refractivity contribution in [3.63, 3.8) is 0 Å². The highest BCUT2D eigenvalue weighted by Crippen LogP contribution is 2.23. The molecule has 0 saturated carbocycles. The van der Waals surface area contributed by atoms with E-state index in [0.29, 0.717) is 10.6 Å². The lowest BCUT2D eigenvalue weighted by molar-refractivity contribution is -0.135. The van der Waals surface area contributed by atoms with Crippen LogP contribution in [0.25, 0.3) is 0 Å². The molecule has 1 heterocycles. The third-order valence-electron chi connectivity index (χ3n) is 1.82. The number of esters is 1. The highest BCUT2D eigenvalue weighted by molar-refractivity contribution is 8.03. The van der Waals surface area contributed by atoms with Crippen molar-refractivity contribution >= 4 is 40.7 Å². The molecule has 1 aromatic rings. The summed E-state index contributed by atoms with van der Waals surface area (Å²) in [5.41, 5.74) is 0.456. The van der Waals surface area contributed by atoms with Crippen LogP contribution in [0.3, 0.4) is 0 Å². The lowest BCUT2D eigenvalue weighted by Gasteiger charge is -2.03. The van der Waals surface area contributed by atoms with E-state index in [9.17, 15) is 9.59 Å². The van der Waals surface area contributed by atoms with Crippen molar-refractivity contribution in [2.45, 2.75) is 0 Å². The standard InChI is InChI=1S/C10H11NO4S2/c1-15-10(14)7(16-2)5-11-6-3-4-17-8(6)9(12)13/h3-5,11H,1-2H3,(H,12,13). The maximum Gasteiger partial charge on any atom is 0.348 e.